The van der Waals surface area contributed by atoms with Gasteiger partial charge in [-0.15, -0.1) is 0 Å². The van der Waals surface area contributed by atoms with E-state index in [0.717, 1.165) is 5.69 Å². The molecule has 0 N–H and O–H groups in total. The van der Waals surface area contributed by atoms with Gasteiger partial charge in [0.05, 0.1) is 30.8 Å². The average molecular weight is 253 g/mol. The Labute approximate surface area is 110 Å². The van der Waals surface area contributed by atoms with Crippen LogP contribution in [0.2, 0.25) is 0 Å². The van der Waals surface area contributed by atoms with Crippen molar-refractivity contribution in [2.75, 3.05) is 7.11 Å². The Bertz CT molecular complexity index is 648. The fourth-order valence-electron chi connectivity index (χ4n) is 1.49. The molecule has 0 aliphatic rings. The van der Waals surface area contributed by atoms with Gasteiger partial charge in [0.25, 0.3) is 0 Å². The Hall–Kier alpha value is -2.87. The molecule has 0 saturated carbocycles. The summed E-state index contributed by atoms with van der Waals surface area (Å²) in [7, 11) is 1.32. The third kappa shape index (κ3) is 3.07. The zero-order valence-electron chi connectivity index (χ0n) is 10.3. The summed E-state index contributed by atoms with van der Waals surface area (Å²) in [5.74, 6) is -0.423. The predicted octanol–water partition coefficient (Wildman–Crippen LogP) is 1.93. The van der Waals surface area contributed by atoms with E-state index in [9.17, 15) is 4.79 Å². The van der Waals surface area contributed by atoms with E-state index in [1.807, 2.05) is 12.1 Å². The zero-order chi connectivity index (χ0) is 13.7. The molecule has 1 heterocycles. The maximum absolute atomic E-state index is 11.0. The van der Waals surface area contributed by atoms with Crippen LogP contribution in [0, 0.1) is 11.3 Å². The molecule has 1 aromatic carbocycles. The molecule has 0 aliphatic carbocycles. The maximum atomic E-state index is 11.0. The van der Waals surface area contributed by atoms with Crippen LogP contribution in [0.4, 0.5) is 0 Å². The highest BCUT2D eigenvalue weighted by atomic mass is 16.5. The standard InChI is InChI=1S/C14H11N3O2/c1-19-14(18)7-4-12-9-17(10-16-12)13-5-2-11(8-15)3-6-13/h2-7,9-10H,1H3/b7-4+. The summed E-state index contributed by atoms with van der Waals surface area (Å²) in [4.78, 5) is 15.1. The Morgan fingerprint density at radius 2 is 2.16 bits per heavy atom. The summed E-state index contributed by atoms with van der Waals surface area (Å²) in [6.07, 6.45) is 6.30. The van der Waals surface area contributed by atoms with Gasteiger partial charge in [0.1, 0.15) is 0 Å². The second-order valence-corrected chi connectivity index (χ2v) is 3.72. The molecular formula is C14H11N3O2. The summed E-state index contributed by atoms with van der Waals surface area (Å²) >= 11 is 0. The molecule has 94 valence electrons. The van der Waals surface area contributed by atoms with Gasteiger partial charge in [-0.25, -0.2) is 9.78 Å². The second kappa shape index (κ2) is 5.65. The van der Waals surface area contributed by atoms with Crippen molar-refractivity contribution < 1.29 is 9.53 Å². The number of ether oxygens (including phenoxy) is 1. The molecule has 0 unspecified atom stereocenters. The van der Waals surface area contributed by atoms with Crippen molar-refractivity contribution in [2.24, 2.45) is 0 Å². The number of hydrogen-bond donors (Lipinski definition) is 0. The molecular weight excluding hydrogens is 242 g/mol. The number of rotatable bonds is 3. The summed E-state index contributed by atoms with van der Waals surface area (Å²) < 4.78 is 6.30. The number of hydrogen-bond acceptors (Lipinski definition) is 4. The van der Waals surface area contributed by atoms with Gasteiger partial charge in [-0.2, -0.15) is 5.26 Å². The van der Waals surface area contributed by atoms with Crippen molar-refractivity contribution in [1.29, 1.82) is 5.26 Å². The van der Waals surface area contributed by atoms with Crippen molar-refractivity contribution in [3.05, 3.63) is 54.1 Å². The summed E-state index contributed by atoms with van der Waals surface area (Å²) in [5, 5.41) is 8.73. The number of carbonyl (C=O) groups excluding carboxylic acids is 1. The van der Waals surface area contributed by atoms with E-state index in [-0.39, 0.29) is 0 Å². The molecule has 0 radical (unpaired) electrons. The minimum Gasteiger partial charge on any atom is -0.466 e. The van der Waals surface area contributed by atoms with Crippen molar-refractivity contribution in [3.63, 3.8) is 0 Å². The molecule has 0 spiro atoms. The molecule has 0 atom stereocenters. The first-order valence-corrected chi connectivity index (χ1v) is 5.53. The van der Waals surface area contributed by atoms with Gasteiger partial charge in [0, 0.05) is 18.0 Å². The maximum Gasteiger partial charge on any atom is 0.330 e. The summed E-state index contributed by atoms with van der Waals surface area (Å²) in [6, 6.07) is 9.19. The van der Waals surface area contributed by atoms with Crippen LogP contribution < -0.4 is 0 Å². The first kappa shape index (κ1) is 12.6. The molecule has 5 nitrogen and oxygen atoms in total. The Kier molecular flexibility index (Phi) is 3.74. The zero-order valence-corrected chi connectivity index (χ0v) is 10.3. The lowest BCUT2D eigenvalue weighted by molar-refractivity contribution is -0.134. The smallest absolute Gasteiger partial charge is 0.330 e. The van der Waals surface area contributed by atoms with Crippen molar-refractivity contribution >= 4 is 12.0 Å². The quantitative estimate of drug-likeness (QED) is 0.619. The molecule has 2 rings (SSSR count). The third-order valence-corrected chi connectivity index (χ3v) is 2.49. The molecule has 0 bridgehead atoms. The molecule has 0 fully saturated rings. The van der Waals surface area contributed by atoms with Crippen LogP contribution in [0.1, 0.15) is 11.3 Å². The van der Waals surface area contributed by atoms with E-state index in [0.29, 0.717) is 11.3 Å². The molecule has 0 aliphatic heterocycles. The van der Waals surface area contributed by atoms with Crippen LogP contribution in [-0.4, -0.2) is 22.6 Å². The largest absolute Gasteiger partial charge is 0.466 e. The highest BCUT2D eigenvalue weighted by molar-refractivity contribution is 5.86. The number of esters is 1. The summed E-state index contributed by atoms with van der Waals surface area (Å²) in [5.41, 5.74) is 2.15. The fourth-order valence-corrected chi connectivity index (χ4v) is 1.49. The molecule has 19 heavy (non-hydrogen) atoms. The van der Waals surface area contributed by atoms with Gasteiger partial charge < -0.3 is 9.30 Å². The highest BCUT2D eigenvalue weighted by Crippen LogP contribution is 2.10. The van der Waals surface area contributed by atoms with Gasteiger partial charge in [0.2, 0.25) is 0 Å². The number of imidazole rings is 1. The predicted molar refractivity (Wildman–Crippen MR) is 69.3 cm³/mol. The number of carbonyl (C=O) groups is 1. The Morgan fingerprint density at radius 3 is 2.79 bits per heavy atom. The minimum atomic E-state index is -0.423. The van der Waals surface area contributed by atoms with Gasteiger partial charge in [-0.3, -0.25) is 0 Å². The van der Waals surface area contributed by atoms with Crippen LogP contribution in [0.5, 0.6) is 0 Å². The van der Waals surface area contributed by atoms with Gasteiger partial charge in [-0.05, 0) is 30.3 Å². The number of nitriles is 1. The minimum absolute atomic E-state index is 0.423. The molecule has 0 saturated heterocycles. The van der Waals surface area contributed by atoms with E-state index >= 15 is 0 Å². The van der Waals surface area contributed by atoms with Crippen molar-refractivity contribution in [1.82, 2.24) is 9.55 Å². The van der Waals surface area contributed by atoms with E-state index in [1.54, 1.807) is 35.3 Å². The van der Waals surface area contributed by atoms with Gasteiger partial charge in [0.15, 0.2) is 0 Å². The first-order chi connectivity index (χ1) is 9.22. The lowest BCUT2D eigenvalue weighted by atomic mass is 10.2. The van der Waals surface area contributed by atoms with E-state index in [2.05, 4.69) is 15.8 Å². The average Bonchev–Trinajstić information content (AvgIpc) is 2.93. The van der Waals surface area contributed by atoms with Crippen LogP contribution in [0.3, 0.4) is 0 Å². The SMILES string of the molecule is COC(=O)/C=C/c1cn(-c2ccc(C#N)cc2)cn1. The van der Waals surface area contributed by atoms with Gasteiger partial charge in [-0.1, -0.05) is 0 Å². The molecule has 5 heteroatoms. The monoisotopic (exact) mass is 253 g/mol. The van der Waals surface area contributed by atoms with Crippen LogP contribution in [0.25, 0.3) is 11.8 Å². The van der Waals surface area contributed by atoms with Crippen LogP contribution in [-0.2, 0) is 9.53 Å². The number of aromatic nitrogens is 2. The number of benzene rings is 1. The second-order valence-electron chi connectivity index (χ2n) is 3.72. The molecule has 2 aromatic rings. The van der Waals surface area contributed by atoms with Crippen LogP contribution in [0.15, 0.2) is 42.9 Å². The van der Waals surface area contributed by atoms with E-state index < -0.39 is 5.97 Å². The first-order valence-electron chi connectivity index (χ1n) is 5.53. The van der Waals surface area contributed by atoms with E-state index in [1.165, 1.54) is 13.2 Å². The Balaban J connectivity index is 2.18. The third-order valence-electron chi connectivity index (χ3n) is 2.49. The number of nitrogens with zero attached hydrogens (tertiary/aromatic N) is 3. The normalized spacial score (nSPS) is 10.3. The Morgan fingerprint density at radius 1 is 1.42 bits per heavy atom. The molecule has 0 amide bonds. The molecule has 1 aromatic heterocycles. The summed E-state index contributed by atoms with van der Waals surface area (Å²) in [6.45, 7) is 0. The highest BCUT2D eigenvalue weighted by Gasteiger charge is 2.00. The van der Waals surface area contributed by atoms with Crippen LogP contribution >= 0.6 is 0 Å². The van der Waals surface area contributed by atoms with Crippen molar-refractivity contribution in [3.8, 4) is 11.8 Å². The van der Waals surface area contributed by atoms with Crippen molar-refractivity contribution in [2.45, 2.75) is 0 Å². The van der Waals surface area contributed by atoms with E-state index in [4.69, 9.17) is 5.26 Å². The number of methoxy groups -OCH3 is 1. The topological polar surface area (TPSA) is 67.9 Å². The fraction of sp³-hybridized carbons (Fsp3) is 0.0714. The lowest BCUT2D eigenvalue weighted by Gasteiger charge is -2.00. The lowest BCUT2D eigenvalue weighted by Crippen LogP contribution is -1.93. The van der Waals surface area contributed by atoms with Gasteiger partial charge >= 0.3 is 5.97 Å².